The molecule has 2 unspecified atom stereocenters. The van der Waals surface area contributed by atoms with E-state index in [0.29, 0.717) is 5.56 Å². The number of methoxy groups -OCH3 is 1. The first kappa shape index (κ1) is 15.1. The second kappa shape index (κ2) is 7.49. The highest BCUT2D eigenvalue weighted by atomic mass is 19.1. The predicted molar refractivity (Wildman–Crippen MR) is 73.3 cm³/mol. The molecule has 0 saturated heterocycles. The van der Waals surface area contributed by atoms with Crippen LogP contribution in [0.3, 0.4) is 0 Å². The van der Waals surface area contributed by atoms with E-state index in [2.05, 4.69) is 12.2 Å². The van der Waals surface area contributed by atoms with Crippen molar-refractivity contribution in [1.82, 2.24) is 5.32 Å². The number of ether oxygens (including phenoxy) is 1. The van der Waals surface area contributed by atoms with Crippen molar-refractivity contribution in [3.8, 4) is 0 Å². The monoisotopic (exact) mass is 253 g/mol. The van der Waals surface area contributed by atoms with Crippen LogP contribution in [0.1, 0.15) is 43.9 Å². The lowest BCUT2D eigenvalue weighted by molar-refractivity contribution is 0.100. The van der Waals surface area contributed by atoms with Crippen molar-refractivity contribution in [2.24, 2.45) is 0 Å². The summed E-state index contributed by atoms with van der Waals surface area (Å²) in [6.45, 7) is 6.87. The van der Waals surface area contributed by atoms with Gasteiger partial charge in [-0.2, -0.15) is 0 Å². The number of rotatable bonds is 7. The fourth-order valence-electron chi connectivity index (χ4n) is 1.91. The number of hydrogen-bond acceptors (Lipinski definition) is 2. The minimum absolute atomic E-state index is 0.138. The lowest BCUT2D eigenvalue weighted by atomic mass is 9.99. The Labute approximate surface area is 110 Å². The standard InChI is InChI=1S/C15H24FNO/c1-5-8-17-15(9-12(3)18-4)13-7-6-11(2)14(16)10-13/h6-7,10,12,15,17H,5,8-9H2,1-4H3. The Morgan fingerprint density at radius 2 is 2.11 bits per heavy atom. The molecule has 0 bridgehead atoms. The van der Waals surface area contributed by atoms with Gasteiger partial charge in [0.1, 0.15) is 5.82 Å². The van der Waals surface area contributed by atoms with Crippen LogP contribution in [0.25, 0.3) is 0 Å². The van der Waals surface area contributed by atoms with Crippen LogP contribution in [0.15, 0.2) is 18.2 Å². The van der Waals surface area contributed by atoms with E-state index in [9.17, 15) is 4.39 Å². The second-order valence-corrected chi connectivity index (χ2v) is 4.80. The first-order chi connectivity index (χ1) is 8.58. The van der Waals surface area contributed by atoms with Gasteiger partial charge in [-0.05, 0) is 50.4 Å². The number of benzene rings is 1. The largest absolute Gasteiger partial charge is 0.382 e. The average Bonchev–Trinajstić information content (AvgIpc) is 2.37. The van der Waals surface area contributed by atoms with Crippen LogP contribution in [0.5, 0.6) is 0 Å². The average molecular weight is 253 g/mol. The van der Waals surface area contributed by atoms with Crippen molar-refractivity contribution in [2.75, 3.05) is 13.7 Å². The summed E-state index contributed by atoms with van der Waals surface area (Å²) < 4.78 is 18.9. The van der Waals surface area contributed by atoms with Crippen molar-refractivity contribution in [3.63, 3.8) is 0 Å². The molecule has 0 aliphatic carbocycles. The van der Waals surface area contributed by atoms with E-state index < -0.39 is 0 Å². The Bertz CT molecular complexity index is 368. The Morgan fingerprint density at radius 1 is 1.39 bits per heavy atom. The van der Waals surface area contributed by atoms with Gasteiger partial charge in [-0.25, -0.2) is 4.39 Å². The molecular weight excluding hydrogens is 229 g/mol. The quantitative estimate of drug-likeness (QED) is 0.801. The van der Waals surface area contributed by atoms with Gasteiger partial charge in [0.2, 0.25) is 0 Å². The summed E-state index contributed by atoms with van der Waals surface area (Å²) in [6.07, 6.45) is 2.06. The van der Waals surface area contributed by atoms with E-state index in [1.54, 1.807) is 20.1 Å². The fraction of sp³-hybridized carbons (Fsp3) is 0.600. The number of hydrogen-bond donors (Lipinski definition) is 1. The summed E-state index contributed by atoms with van der Waals surface area (Å²) in [5.41, 5.74) is 1.68. The second-order valence-electron chi connectivity index (χ2n) is 4.80. The maximum Gasteiger partial charge on any atom is 0.126 e. The molecule has 1 aromatic carbocycles. The number of halogens is 1. The van der Waals surface area contributed by atoms with Crippen LogP contribution in [0.2, 0.25) is 0 Å². The highest BCUT2D eigenvalue weighted by molar-refractivity contribution is 5.26. The zero-order valence-corrected chi connectivity index (χ0v) is 11.8. The number of nitrogens with one attached hydrogen (secondary N) is 1. The van der Waals surface area contributed by atoms with Crippen LogP contribution in [-0.2, 0) is 4.74 Å². The SMILES string of the molecule is CCCNC(CC(C)OC)c1ccc(C)c(F)c1. The van der Waals surface area contributed by atoms with Gasteiger partial charge in [0.25, 0.3) is 0 Å². The summed E-state index contributed by atoms with van der Waals surface area (Å²) in [7, 11) is 1.71. The molecule has 2 nitrogen and oxygen atoms in total. The summed E-state index contributed by atoms with van der Waals surface area (Å²) in [6, 6.07) is 5.61. The lowest BCUT2D eigenvalue weighted by Crippen LogP contribution is -2.26. The van der Waals surface area contributed by atoms with Gasteiger partial charge < -0.3 is 10.1 Å². The van der Waals surface area contributed by atoms with E-state index in [1.165, 1.54) is 0 Å². The normalized spacial score (nSPS) is 14.5. The zero-order valence-electron chi connectivity index (χ0n) is 11.8. The Hall–Kier alpha value is -0.930. The third-order valence-corrected chi connectivity index (χ3v) is 3.21. The molecule has 0 aromatic heterocycles. The first-order valence-corrected chi connectivity index (χ1v) is 6.60. The fourth-order valence-corrected chi connectivity index (χ4v) is 1.91. The maximum atomic E-state index is 13.6. The Morgan fingerprint density at radius 3 is 2.67 bits per heavy atom. The topological polar surface area (TPSA) is 21.3 Å². The Balaban J connectivity index is 2.82. The first-order valence-electron chi connectivity index (χ1n) is 6.60. The van der Waals surface area contributed by atoms with Crippen molar-refractivity contribution in [2.45, 2.75) is 45.8 Å². The van der Waals surface area contributed by atoms with E-state index in [0.717, 1.165) is 24.9 Å². The summed E-state index contributed by atoms with van der Waals surface area (Å²) >= 11 is 0. The van der Waals surface area contributed by atoms with Crippen LogP contribution in [0.4, 0.5) is 4.39 Å². The summed E-state index contributed by atoms with van der Waals surface area (Å²) in [5.74, 6) is -0.138. The molecule has 0 saturated carbocycles. The van der Waals surface area contributed by atoms with Gasteiger partial charge in [-0.15, -0.1) is 0 Å². The Kier molecular flexibility index (Phi) is 6.30. The molecule has 0 heterocycles. The van der Waals surface area contributed by atoms with E-state index in [1.807, 2.05) is 19.1 Å². The molecule has 0 fully saturated rings. The van der Waals surface area contributed by atoms with Crippen LogP contribution < -0.4 is 5.32 Å². The van der Waals surface area contributed by atoms with Crippen molar-refractivity contribution in [1.29, 1.82) is 0 Å². The zero-order chi connectivity index (χ0) is 13.5. The van der Waals surface area contributed by atoms with E-state index in [-0.39, 0.29) is 18.0 Å². The van der Waals surface area contributed by atoms with Gasteiger partial charge >= 0.3 is 0 Å². The van der Waals surface area contributed by atoms with Crippen molar-refractivity contribution < 1.29 is 9.13 Å². The van der Waals surface area contributed by atoms with Crippen LogP contribution >= 0.6 is 0 Å². The minimum Gasteiger partial charge on any atom is -0.382 e. The lowest BCUT2D eigenvalue weighted by Gasteiger charge is -2.22. The molecule has 2 atom stereocenters. The van der Waals surface area contributed by atoms with Gasteiger partial charge in [0, 0.05) is 13.2 Å². The maximum absolute atomic E-state index is 13.6. The molecule has 1 rings (SSSR count). The summed E-state index contributed by atoms with van der Waals surface area (Å²) in [4.78, 5) is 0. The van der Waals surface area contributed by atoms with Gasteiger partial charge in [-0.1, -0.05) is 19.1 Å². The van der Waals surface area contributed by atoms with Gasteiger partial charge in [0.05, 0.1) is 6.10 Å². The highest BCUT2D eigenvalue weighted by Crippen LogP contribution is 2.21. The third-order valence-electron chi connectivity index (χ3n) is 3.21. The number of aryl methyl sites for hydroxylation is 1. The molecule has 1 N–H and O–H groups in total. The third kappa shape index (κ3) is 4.39. The molecular formula is C15H24FNO. The predicted octanol–water partition coefficient (Wildman–Crippen LogP) is 3.60. The summed E-state index contributed by atoms with van der Waals surface area (Å²) in [5, 5.41) is 3.45. The highest BCUT2D eigenvalue weighted by Gasteiger charge is 2.15. The van der Waals surface area contributed by atoms with Crippen molar-refractivity contribution >= 4 is 0 Å². The van der Waals surface area contributed by atoms with E-state index >= 15 is 0 Å². The molecule has 0 aliphatic rings. The molecule has 0 amide bonds. The molecule has 18 heavy (non-hydrogen) atoms. The molecule has 102 valence electrons. The molecule has 0 aliphatic heterocycles. The van der Waals surface area contributed by atoms with Gasteiger partial charge in [0.15, 0.2) is 0 Å². The van der Waals surface area contributed by atoms with Crippen molar-refractivity contribution in [3.05, 3.63) is 35.1 Å². The van der Waals surface area contributed by atoms with Gasteiger partial charge in [-0.3, -0.25) is 0 Å². The molecule has 0 spiro atoms. The smallest absolute Gasteiger partial charge is 0.126 e. The molecule has 0 radical (unpaired) electrons. The van der Waals surface area contributed by atoms with E-state index in [4.69, 9.17) is 4.74 Å². The molecule has 1 aromatic rings. The van der Waals surface area contributed by atoms with Crippen LogP contribution in [-0.4, -0.2) is 19.8 Å². The van der Waals surface area contributed by atoms with Crippen LogP contribution in [0, 0.1) is 12.7 Å². The minimum atomic E-state index is -0.138. The molecule has 3 heteroatoms.